The van der Waals surface area contributed by atoms with Crippen LogP contribution in [0.3, 0.4) is 0 Å². The van der Waals surface area contributed by atoms with Crippen molar-refractivity contribution < 1.29 is 80.2 Å². The number of ether oxygens (including phenoxy) is 4. The summed E-state index contributed by atoms with van der Waals surface area (Å²) in [4.78, 5) is 73.0. The fourth-order valence-electron chi connectivity index (χ4n) is 12.5. The van der Waals surface area contributed by atoms with Gasteiger partial charge < -0.3 is 33.8 Å². The van der Waals surface area contributed by atoms with E-state index in [0.717, 1.165) is 108 Å². The second-order valence-corrected chi connectivity index (χ2v) is 33.3. The summed E-state index contributed by atoms with van der Waals surface area (Å²) in [7, 11) is -9.92. The molecule has 19 heteroatoms. The molecule has 0 fully saturated rings. The molecule has 0 radical (unpaired) electrons. The van der Waals surface area contributed by atoms with Gasteiger partial charge in [-0.1, -0.05) is 370 Å². The van der Waals surface area contributed by atoms with Gasteiger partial charge >= 0.3 is 39.5 Å². The third kappa shape index (κ3) is 73.0. The molecule has 0 rings (SSSR count). The predicted molar refractivity (Wildman–Crippen MR) is 409 cm³/mol. The lowest BCUT2D eigenvalue weighted by molar-refractivity contribution is -0.161. The zero-order chi connectivity index (χ0) is 73.7. The van der Waals surface area contributed by atoms with Gasteiger partial charge in [0.15, 0.2) is 12.2 Å². The standard InChI is InChI=1S/C81H158O17P2/c1-8-10-11-12-13-14-34-41-48-55-62-78(83)91-68-76(98-81(86)65-58-51-44-37-30-29-32-39-46-53-60-73(5)6)70-95-99(87,88)93-66-75(82)67-94-100(89,90)96-71-77(69-92-79(84)63-56-49-42-35-27-24-23-25-31-38-45-52-59-72(3)4)97-80(85)64-57-50-43-36-28-22-20-18-16-15-17-19-21-26-33-40-47-54-61-74(7)9-2/h72-77,82H,8-71H2,1-7H3,(H,87,88)(H,89,90)/t74?,75-,76+,77+/m0/s1. The van der Waals surface area contributed by atoms with Crippen LogP contribution in [-0.4, -0.2) is 96.7 Å². The maximum absolute atomic E-state index is 13.1. The van der Waals surface area contributed by atoms with E-state index in [1.54, 1.807) is 0 Å². The first-order valence-electron chi connectivity index (χ1n) is 41.9. The van der Waals surface area contributed by atoms with Crippen LogP contribution in [0.1, 0.15) is 421 Å². The molecule has 0 saturated carbocycles. The Morgan fingerprint density at radius 2 is 0.510 bits per heavy atom. The minimum atomic E-state index is -4.96. The minimum Gasteiger partial charge on any atom is -0.462 e. The molecule has 594 valence electrons. The number of carbonyl (C=O) groups is 4. The van der Waals surface area contributed by atoms with Crippen LogP contribution in [0.15, 0.2) is 0 Å². The van der Waals surface area contributed by atoms with Crippen LogP contribution in [-0.2, 0) is 65.4 Å². The van der Waals surface area contributed by atoms with Gasteiger partial charge in [-0.2, -0.15) is 0 Å². The summed E-state index contributed by atoms with van der Waals surface area (Å²) >= 11 is 0. The Bertz CT molecular complexity index is 1940. The van der Waals surface area contributed by atoms with Gasteiger partial charge in [-0.15, -0.1) is 0 Å². The average molecular weight is 1470 g/mol. The second kappa shape index (κ2) is 71.3. The molecule has 0 aliphatic rings. The first-order valence-corrected chi connectivity index (χ1v) is 44.9. The van der Waals surface area contributed by atoms with Crippen molar-refractivity contribution in [3.63, 3.8) is 0 Å². The summed E-state index contributed by atoms with van der Waals surface area (Å²) in [5, 5.41) is 10.6. The van der Waals surface area contributed by atoms with Crippen molar-refractivity contribution in [2.75, 3.05) is 39.6 Å². The van der Waals surface area contributed by atoms with Crippen molar-refractivity contribution in [1.82, 2.24) is 0 Å². The largest absolute Gasteiger partial charge is 0.472 e. The van der Waals surface area contributed by atoms with Crippen LogP contribution in [0.2, 0.25) is 0 Å². The molecular weight excluding hydrogens is 1310 g/mol. The van der Waals surface area contributed by atoms with Crippen molar-refractivity contribution in [3.05, 3.63) is 0 Å². The van der Waals surface area contributed by atoms with Gasteiger partial charge in [-0.05, 0) is 43.4 Å². The van der Waals surface area contributed by atoms with Gasteiger partial charge in [0, 0.05) is 25.7 Å². The third-order valence-corrected chi connectivity index (χ3v) is 21.1. The molecule has 0 aliphatic carbocycles. The van der Waals surface area contributed by atoms with Crippen LogP contribution in [0.5, 0.6) is 0 Å². The lowest BCUT2D eigenvalue weighted by atomic mass is 9.99. The van der Waals surface area contributed by atoms with Gasteiger partial charge in [-0.25, -0.2) is 9.13 Å². The smallest absolute Gasteiger partial charge is 0.462 e. The SMILES string of the molecule is CCCCCCCCCCCCC(=O)OC[C@H](COP(=O)(O)OC[C@H](O)COP(=O)(O)OC[C@@H](COC(=O)CCCCCCCCCCCCCCC(C)C)OC(=O)CCCCCCCCCCCCCCCCCCCCC(C)CC)OC(=O)CCCCCCCCCCCCC(C)C. The highest BCUT2D eigenvalue weighted by atomic mass is 31.2. The number of unbranched alkanes of at least 4 members (excludes halogenated alkanes) is 46. The molecule has 0 amide bonds. The van der Waals surface area contributed by atoms with Crippen molar-refractivity contribution in [2.45, 2.75) is 439 Å². The van der Waals surface area contributed by atoms with Crippen molar-refractivity contribution in [2.24, 2.45) is 17.8 Å². The molecule has 0 aromatic carbocycles. The zero-order valence-corrected chi connectivity index (χ0v) is 67.5. The normalized spacial score (nSPS) is 14.2. The van der Waals surface area contributed by atoms with Crippen LogP contribution in [0, 0.1) is 17.8 Å². The summed E-state index contributed by atoms with van der Waals surface area (Å²) in [5.41, 5.74) is 0. The fraction of sp³-hybridized carbons (Fsp3) is 0.951. The summed E-state index contributed by atoms with van der Waals surface area (Å²) in [6.07, 6.45) is 59.6. The van der Waals surface area contributed by atoms with Crippen LogP contribution >= 0.6 is 15.6 Å². The molecule has 3 N–H and O–H groups in total. The number of carbonyl (C=O) groups excluding carboxylic acids is 4. The van der Waals surface area contributed by atoms with E-state index >= 15 is 0 Å². The van der Waals surface area contributed by atoms with Gasteiger partial charge in [0.1, 0.15) is 19.3 Å². The Balaban J connectivity index is 5.21. The van der Waals surface area contributed by atoms with E-state index in [1.165, 1.54) is 231 Å². The molecule has 0 aromatic rings. The molecule has 0 bridgehead atoms. The molecule has 0 spiro atoms. The molecule has 100 heavy (non-hydrogen) atoms. The first-order chi connectivity index (χ1) is 48.3. The fourth-order valence-corrected chi connectivity index (χ4v) is 14.0. The maximum Gasteiger partial charge on any atom is 0.472 e. The van der Waals surface area contributed by atoms with Gasteiger partial charge in [-0.3, -0.25) is 37.3 Å². The second-order valence-electron chi connectivity index (χ2n) is 30.4. The van der Waals surface area contributed by atoms with Crippen molar-refractivity contribution in [1.29, 1.82) is 0 Å². The van der Waals surface area contributed by atoms with Crippen molar-refractivity contribution in [3.8, 4) is 0 Å². The minimum absolute atomic E-state index is 0.106. The van der Waals surface area contributed by atoms with E-state index in [-0.39, 0.29) is 25.7 Å². The monoisotopic (exact) mass is 1470 g/mol. The van der Waals surface area contributed by atoms with E-state index < -0.39 is 97.5 Å². The Kier molecular flexibility index (Phi) is 69.9. The highest BCUT2D eigenvalue weighted by Gasteiger charge is 2.30. The number of phosphoric acid groups is 2. The highest BCUT2D eigenvalue weighted by Crippen LogP contribution is 2.45. The topological polar surface area (TPSA) is 237 Å². The maximum atomic E-state index is 13.1. The highest BCUT2D eigenvalue weighted by molar-refractivity contribution is 7.47. The number of aliphatic hydroxyl groups is 1. The number of esters is 4. The van der Waals surface area contributed by atoms with Gasteiger partial charge in [0.25, 0.3) is 0 Å². The van der Waals surface area contributed by atoms with Gasteiger partial charge in [0.2, 0.25) is 0 Å². The summed E-state index contributed by atoms with van der Waals surface area (Å²) in [6.45, 7) is 12.0. The molecule has 0 saturated heterocycles. The number of phosphoric ester groups is 2. The molecule has 17 nitrogen and oxygen atoms in total. The lowest BCUT2D eigenvalue weighted by Gasteiger charge is -2.21. The predicted octanol–water partition coefficient (Wildman–Crippen LogP) is 24.1. The third-order valence-electron chi connectivity index (χ3n) is 19.2. The first kappa shape index (κ1) is 98.1. The van der Waals surface area contributed by atoms with E-state index in [2.05, 4.69) is 48.5 Å². The van der Waals surface area contributed by atoms with E-state index in [0.29, 0.717) is 25.7 Å². The molecule has 6 atom stereocenters. The molecule has 0 heterocycles. The zero-order valence-electron chi connectivity index (χ0n) is 65.7. The quantitative estimate of drug-likeness (QED) is 0.0222. The Morgan fingerprint density at radius 1 is 0.290 bits per heavy atom. The number of hydrogen-bond donors (Lipinski definition) is 3. The Morgan fingerprint density at radius 3 is 0.760 bits per heavy atom. The summed E-state index contributed by atoms with van der Waals surface area (Å²) < 4.78 is 68.7. The Hall–Kier alpha value is -1.94. The number of hydrogen-bond acceptors (Lipinski definition) is 15. The summed E-state index contributed by atoms with van der Waals surface area (Å²) in [5.74, 6) is 0.293. The van der Waals surface area contributed by atoms with Crippen LogP contribution in [0.25, 0.3) is 0 Å². The van der Waals surface area contributed by atoms with Crippen LogP contribution < -0.4 is 0 Å². The number of aliphatic hydroxyl groups excluding tert-OH is 1. The average Bonchev–Trinajstić information content (AvgIpc) is 0.933. The molecule has 3 unspecified atom stereocenters. The molecular formula is C81H158O17P2. The van der Waals surface area contributed by atoms with Crippen molar-refractivity contribution >= 4 is 39.5 Å². The Labute approximate surface area is 613 Å². The summed E-state index contributed by atoms with van der Waals surface area (Å²) in [6, 6.07) is 0. The number of rotatable bonds is 79. The molecule has 0 aromatic heterocycles. The van der Waals surface area contributed by atoms with Gasteiger partial charge in [0.05, 0.1) is 26.4 Å². The van der Waals surface area contributed by atoms with E-state index in [9.17, 15) is 43.2 Å². The molecule has 0 aliphatic heterocycles. The van der Waals surface area contributed by atoms with Crippen LogP contribution in [0.4, 0.5) is 0 Å². The van der Waals surface area contributed by atoms with E-state index in [1.807, 2.05) is 0 Å². The lowest BCUT2D eigenvalue weighted by Crippen LogP contribution is -2.30. The van der Waals surface area contributed by atoms with E-state index in [4.69, 9.17) is 37.0 Å².